The molecule has 0 aliphatic heterocycles. The molecular weight excluding hydrogens is 238 g/mol. The van der Waals surface area contributed by atoms with E-state index in [1.165, 1.54) is 0 Å². The summed E-state index contributed by atoms with van der Waals surface area (Å²) in [7, 11) is 0. The molecule has 0 aliphatic carbocycles. The van der Waals surface area contributed by atoms with Crippen molar-refractivity contribution in [3.63, 3.8) is 0 Å². The Bertz CT molecular complexity index is 561. The van der Waals surface area contributed by atoms with Crippen LogP contribution in [0.5, 0.6) is 0 Å². The van der Waals surface area contributed by atoms with Crippen molar-refractivity contribution in [3.05, 3.63) is 33.9 Å². The predicted molar refractivity (Wildman–Crippen MR) is 66.3 cm³/mol. The topological polar surface area (TPSA) is 69.6 Å². The maximum atomic E-state index is 6.09. The van der Waals surface area contributed by atoms with Gasteiger partial charge in [-0.1, -0.05) is 11.6 Å². The highest BCUT2D eigenvalue weighted by atomic mass is 35.5. The van der Waals surface area contributed by atoms with E-state index >= 15 is 0 Å². The smallest absolute Gasteiger partial charge is 0.251 e. The lowest BCUT2D eigenvalue weighted by atomic mass is 10.2. The van der Waals surface area contributed by atoms with Crippen molar-refractivity contribution < 1.29 is 0 Å². The molecule has 0 bridgehead atoms. The fourth-order valence-corrected chi connectivity index (χ4v) is 1.72. The van der Waals surface area contributed by atoms with E-state index in [1.54, 1.807) is 10.9 Å². The van der Waals surface area contributed by atoms with Gasteiger partial charge in [-0.3, -0.25) is 0 Å². The molecule has 17 heavy (non-hydrogen) atoms. The highest BCUT2D eigenvalue weighted by molar-refractivity contribution is 6.31. The Morgan fingerprint density at radius 1 is 1.29 bits per heavy atom. The summed E-state index contributed by atoms with van der Waals surface area (Å²) in [5.41, 5.74) is 8.98. The summed E-state index contributed by atoms with van der Waals surface area (Å²) in [4.78, 5) is 8.63. The highest BCUT2D eigenvalue weighted by Gasteiger charge is 2.13. The Hall–Kier alpha value is -1.46. The van der Waals surface area contributed by atoms with E-state index in [9.17, 15) is 0 Å². The van der Waals surface area contributed by atoms with Gasteiger partial charge in [-0.15, -0.1) is 0 Å². The second kappa shape index (κ2) is 4.43. The number of rotatable bonds is 2. The van der Waals surface area contributed by atoms with Crippen LogP contribution in [0.4, 0.5) is 0 Å². The molecule has 0 radical (unpaired) electrons. The molecule has 0 aliphatic rings. The minimum Gasteiger partial charge on any atom is -0.326 e. The van der Waals surface area contributed by atoms with Crippen LogP contribution >= 0.6 is 11.6 Å². The maximum absolute atomic E-state index is 6.09. The largest absolute Gasteiger partial charge is 0.326 e. The van der Waals surface area contributed by atoms with Crippen molar-refractivity contribution in [3.8, 4) is 5.95 Å². The first-order valence-electron chi connectivity index (χ1n) is 5.29. The molecule has 2 aromatic rings. The zero-order valence-electron chi connectivity index (χ0n) is 10.0. The molecular formula is C11H14ClN5. The molecule has 0 saturated carbocycles. The number of hydrogen-bond acceptors (Lipinski definition) is 4. The lowest BCUT2D eigenvalue weighted by Gasteiger charge is -2.06. The van der Waals surface area contributed by atoms with E-state index in [0.29, 0.717) is 17.5 Å². The highest BCUT2D eigenvalue weighted by Crippen LogP contribution is 2.21. The molecule has 0 amide bonds. The van der Waals surface area contributed by atoms with E-state index in [-0.39, 0.29) is 0 Å². The van der Waals surface area contributed by atoms with Crippen LogP contribution in [-0.4, -0.2) is 19.7 Å². The van der Waals surface area contributed by atoms with Crippen molar-refractivity contribution >= 4 is 11.6 Å². The van der Waals surface area contributed by atoms with Gasteiger partial charge in [0.1, 0.15) is 0 Å². The van der Waals surface area contributed by atoms with Gasteiger partial charge in [0.25, 0.3) is 5.95 Å². The maximum Gasteiger partial charge on any atom is 0.251 e. The van der Waals surface area contributed by atoms with Crippen LogP contribution in [0.2, 0.25) is 5.02 Å². The molecule has 0 atom stereocenters. The lowest BCUT2D eigenvalue weighted by molar-refractivity contribution is 0.761. The summed E-state index contributed by atoms with van der Waals surface area (Å²) in [6, 6.07) is 0. The minimum atomic E-state index is 0.435. The number of nitrogens with zero attached hydrogens (tertiary/aromatic N) is 4. The van der Waals surface area contributed by atoms with Gasteiger partial charge in [-0.2, -0.15) is 5.10 Å². The number of halogens is 1. The Kier molecular flexibility index (Phi) is 3.13. The summed E-state index contributed by atoms with van der Waals surface area (Å²) < 4.78 is 1.64. The zero-order chi connectivity index (χ0) is 12.6. The average molecular weight is 252 g/mol. The quantitative estimate of drug-likeness (QED) is 0.882. The molecule has 6 heteroatoms. The van der Waals surface area contributed by atoms with E-state index < -0.39 is 0 Å². The van der Waals surface area contributed by atoms with Gasteiger partial charge in [0.15, 0.2) is 0 Å². The van der Waals surface area contributed by atoms with Crippen molar-refractivity contribution in [2.24, 2.45) is 5.73 Å². The van der Waals surface area contributed by atoms with E-state index in [1.807, 2.05) is 20.8 Å². The SMILES string of the molecule is Cc1nc(-n2nc(C)c(Cl)c2C)ncc1CN. The van der Waals surface area contributed by atoms with Gasteiger partial charge in [-0.25, -0.2) is 14.6 Å². The van der Waals surface area contributed by atoms with Crippen LogP contribution in [0.25, 0.3) is 5.95 Å². The zero-order valence-corrected chi connectivity index (χ0v) is 10.8. The number of hydrogen-bond donors (Lipinski definition) is 1. The van der Waals surface area contributed by atoms with Crippen LogP contribution < -0.4 is 5.73 Å². The summed E-state index contributed by atoms with van der Waals surface area (Å²) in [5.74, 6) is 0.521. The van der Waals surface area contributed by atoms with Crippen LogP contribution in [0.15, 0.2) is 6.20 Å². The molecule has 90 valence electrons. The van der Waals surface area contributed by atoms with Crippen LogP contribution in [0.3, 0.4) is 0 Å². The molecule has 0 aromatic carbocycles. The molecule has 2 N–H and O–H groups in total. The second-order valence-electron chi connectivity index (χ2n) is 3.88. The predicted octanol–water partition coefficient (Wildman–Crippen LogP) is 1.70. The van der Waals surface area contributed by atoms with Gasteiger partial charge in [0.05, 0.1) is 16.4 Å². The summed E-state index contributed by atoms with van der Waals surface area (Å²) in [6.07, 6.45) is 1.72. The average Bonchev–Trinajstić information content (AvgIpc) is 2.57. The van der Waals surface area contributed by atoms with Gasteiger partial charge in [0.2, 0.25) is 0 Å². The van der Waals surface area contributed by atoms with Crippen molar-refractivity contribution in [2.45, 2.75) is 27.3 Å². The number of nitrogens with two attached hydrogens (primary N) is 1. The van der Waals surface area contributed by atoms with Crippen molar-refractivity contribution in [2.75, 3.05) is 0 Å². The number of aromatic nitrogens is 4. The molecule has 0 unspecified atom stereocenters. The fraction of sp³-hybridized carbons (Fsp3) is 0.364. The normalized spacial score (nSPS) is 10.9. The van der Waals surface area contributed by atoms with Gasteiger partial charge in [-0.05, 0) is 20.8 Å². The van der Waals surface area contributed by atoms with Gasteiger partial charge < -0.3 is 5.73 Å². The van der Waals surface area contributed by atoms with Crippen LogP contribution in [0.1, 0.15) is 22.6 Å². The van der Waals surface area contributed by atoms with Crippen molar-refractivity contribution in [1.82, 2.24) is 19.7 Å². The molecule has 2 aromatic heterocycles. The molecule has 0 spiro atoms. The van der Waals surface area contributed by atoms with Crippen molar-refractivity contribution in [1.29, 1.82) is 0 Å². The molecule has 2 rings (SSSR count). The van der Waals surface area contributed by atoms with Crippen LogP contribution in [-0.2, 0) is 6.54 Å². The van der Waals surface area contributed by atoms with Crippen LogP contribution in [0, 0.1) is 20.8 Å². The summed E-state index contributed by atoms with van der Waals surface area (Å²) in [5, 5.41) is 4.95. The first-order chi connectivity index (χ1) is 8.04. The summed E-state index contributed by atoms with van der Waals surface area (Å²) in [6.45, 7) is 6.08. The molecule has 0 saturated heterocycles. The van der Waals surface area contributed by atoms with E-state index in [4.69, 9.17) is 17.3 Å². The second-order valence-corrected chi connectivity index (χ2v) is 4.26. The Morgan fingerprint density at radius 2 is 2.00 bits per heavy atom. The molecule has 2 heterocycles. The Morgan fingerprint density at radius 3 is 2.47 bits per heavy atom. The summed E-state index contributed by atoms with van der Waals surface area (Å²) >= 11 is 6.09. The van der Waals surface area contributed by atoms with E-state index in [0.717, 1.165) is 22.6 Å². The first-order valence-corrected chi connectivity index (χ1v) is 5.67. The third-order valence-electron chi connectivity index (χ3n) is 2.68. The molecule has 5 nitrogen and oxygen atoms in total. The first kappa shape index (κ1) is 12.0. The molecule has 0 fully saturated rings. The fourth-order valence-electron chi connectivity index (χ4n) is 1.60. The number of aryl methyl sites for hydroxylation is 2. The standard InChI is InChI=1S/C11H14ClN5/c1-6-9(4-13)5-14-11(15-6)17-8(3)10(12)7(2)16-17/h5H,4,13H2,1-3H3. The lowest BCUT2D eigenvalue weighted by Crippen LogP contribution is -2.09. The minimum absolute atomic E-state index is 0.435. The monoisotopic (exact) mass is 251 g/mol. The van der Waals surface area contributed by atoms with E-state index in [2.05, 4.69) is 15.1 Å². The van der Waals surface area contributed by atoms with Gasteiger partial charge in [0, 0.05) is 24.0 Å². The third kappa shape index (κ3) is 2.03. The third-order valence-corrected chi connectivity index (χ3v) is 3.23. The van der Waals surface area contributed by atoms with Gasteiger partial charge >= 0.3 is 0 Å². The Labute approximate surface area is 105 Å². The Balaban J connectivity index is 2.53.